The molecule has 1 saturated heterocycles. The van der Waals surface area contributed by atoms with Gasteiger partial charge in [0.25, 0.3) is 0 Å². The van der Waals surface area contributed by atoms with Crippen LogP contribution in [0.3, 0.4) is 0 Å². The molecule has 0 radical (unpaired) electrons. The molecule has 0 bridgehead atoms. The van der Waals surface area contributed by atoms with Crippen molar-refractivity contribution in [3.05, 3.63) is 72.2 Å². The lowest BCUT2D eigenvalue weighted by Crippen LogP contribution is -2.51. The van der Waals surface area contributed by atoms with Crippen LogP contribution in [0.1, 0.15) is 18.5 Å². The number of amides is 1. The predicted octanol–water partition coefficient (Wildman–Crippen LogP) is 3.51. The first-order valence-corrected chi connectivity index (χ1v) is 8.95. The highest BCUT2D eigenvalue weighted by Gasteiger charge is 2.36. The van der Waals surface area contributed by atoms with Crippen molar-refractivity contribution in [3.8, 4) is 5.75 Å². The van der Waals surface area contributed by atoms with Gasteiger partial charge >= 0.3 is 0 Å². The Labute approximate surface area is 162 Å². The Balaban J connectivity index is 1.87. The van der Waals surface area contributed by atoms with E-state index in [9.17, 15) is 9.18 Å². The Hall–Kier alpha value is -2.93. The average Bonchev–Trinajstić information content (AvgIpc) is 2.64. The zero-order valence-electron chi connectivity index (χ0n) is 14.8. The van der Waals surface area contributed by atoms with E-state index in [1.54, 1.807) is 12.1 Å². The number of ether oxygens (including phenoxy) is 1. The van der Waals surface area contributed by atoms with Gasteiger partial charge in [-0.1, -0.05) is 30.8 Å². The van der Waals surface area contributed by atoms with Crippen LogP contribution in [0.25, 0.3) is 0 Å². The van der Waals surface area contributed by atoms with Crippen molar-refractivity contribution in [2.75, 3.05) is 11.9 Å². The molecule has 3 N–H and O–H groups in total. The van der Waals surface area contributed by atoms with E-state index in [0.717, 1.165) is 11.3 Å². The molecule has 1 aliphatic heterocycles. The Morgan fingerprint density at radius 3 is 2.63 bits per heavy atom. The number of benzene rings is 2. The summed E-state index contributed by atoms with van der Waals surface area (Å²) in [6, 6.07) is 13.0. The number of hydrogen-bond donors (Lipinski definition) is 3. The summed E-state index contributed by atoms with van der Waals surface area (Å²) in [4.78, 5) is 12.9. The number of rotatable bonds is 5. The zero-order valence-corrected chi connectivity index (χ0v) is 15.6. The third kappa shape index (κ3) is 4.25. The second kappa shape index (κ2) is 8.18. The van der Waals surface area contributed by atoms with Gasteiger partial charge < -0.3 is 20.7 Å². The van der Waals surface area contributed by atoms with Gasteiger partial charge in [0.1, 0.15) is 17.5 Å². The highest BCUT2D eigenvalue weighted by Crippen LogP contribution is 2.31. The van der Waals surface area contributed by atoms with Crippen molar-refractivity contribution in [2.24, 2.45) is 5.92 Å². The molecule has 2 aromatic carbocycles. The molecule has 1 aliphatic rings. The van der Waals surface area contributed by atoms with E-state index in [1.807, 2.05) is 31.2 Å². The van der Waals surface area contributed by atoms with Crippen molar-refractivity contribution >= 4 is 28.9 Å². The summed E-state index contributed by atoms with van der Waals surface area (Å²) in [7, 11) is 0. The molecule has 3 rings (SSSR count). The van der Waals surface area contributed by atoms with E-state index >= 15 is 0 Å². The Morgan fingerprint density at radius 1 is 1.26 bits per heavy atom. The van der Waals surface area contributed by atoms with Gasteiger partial charge in [-0.05, 0) is 49.0 Å². The van der Waals surface area contributed by atoms with Gasteiger partial charge in [0.05, 0.1) is 18.3 Å². The number of halogens is 1. The summed E-state index contributed by atoms with van der Waals surface area (Å²) in [5, 5.41) is 9.02. The van der Waals surface area contributed by atoms with Crippen LogP contribution in [0, 0.1) is 11.7 Å². The van der Waals surface area contributed by atoms with Gasteiger partial charge in [0.2, 0.25) is 5.91 Å². The number of carbonyl (C=O) groups is 1. The fraction of sp³-hybridized carbons (Fsp3) is 0.200. The monoisotopic (exact) mass is 385 g/mol. The molecular weight excluding hydrogens is 365 g/mol. The minimum Gasteiger partial charge on any atom is -0.494 e. The molecule has 0 saturated carbocycles. The van der Waals surface area contributed by atoms with E-state index in [1.165, 1.54) is 12.1 Å². The zero-order chi connectivity index (χ0) is 19.4. The number of thiocarbonyl (C=S) groups is 1. The first kappa shape index (κ1) is 18.8. The summed E-state index contributed by atoms with van der Waals surface area (Å²) < 4.78 is 19.4. The minimum absolute atomic E-state index is 0.119. The van der Waals surface area contributed by atoms with E-state index in [2.05, 4.69) is 22.5 Å². The van der Waals surface area contributed by atoms with Crippen molar-refractivity contribution in [3.63, 3.8) is 0 Å². The van der Waals surface area contributed by atoms with Crippen LogP contribution in [0.5, 0.6) is 5.75 Å². The quantitative estimate of drug-likeness (QED) is 0.688. The Bertz CT molecular complexity index is 870. The molecular formula is C20H20FN3O2S. The fourth-order valence-electron chi connectivity index (χ4n) is 2.98. The molecule has 27 heavy (non-hydrogen) atoms. The summed E-state index contributed by atoms with van der Waals surface area (Å²) in [5.41, 5.74) is 1.41. The molecule has 0 spiro atoms. The second-order valence-corrected chi connectivity index (χ2v) is 6.46. The van der Waals surface area contributed by atoms with Crippen LogP contribution in [0.2, 0.25) is 0 Å². The SMILES string of the molecule is C=C1NC(=S)N[C@H](c2ccc(OCC)cc2)[C@@H]1C(=O)Nc1ccccc1F. The van der Waals surface area contributed by atoms with Crippen LogP contribution in [0.4, 0.5) is 10.1 Å². The molecule has 0 aromatic heterocycles. The average molecular weight is 385 g/mol. The third-order valence-electron chi connectivity index (χ3n) is 4.23. The van der Waals surface area contributed by atoms with Crippen LogP contribution >= 0.6 is 12.2 Å². The lowest BCUT2D eigenvalue weighted by atomic mass is 9.88. The lowest BCUT2D eigenvalue weighted by Gasteiger charge is -2.35. The highest BCUT2D eigenvalue weighted by molar-refractivity contribution is 7.80. The number of hydrogen-bond acceptors (Lipinski definition) is 3. The van der Waals surface area contributed by atoms with Crippen LogP contribution in [-0.2, 0) is 4.79 Å². The largest absolute Gasteiger partial charge is 0.494 e. The maximum Gasteiger partial charge on any atom is 0.235 e. The predicted molar refractivity (Wildman–Crippen MR) is 107 cm³/mol. The van der Waals surface area contributed by atoms with E-state index < -0.39 is 17.8 Å². The molecule has 1 amide bonds. The lowest BCUT2D eigenvalue weighted by molar-refractivity contribution is -0.119. The van der Waals surface area contributed by atoms with E-state index in [4.69, 9.17) is 17.0 Å². The molecule has 2 aromatic rings. The van der Waals surface area contributed by atoms with Gasteiger partial charge in [0.15, 0.2) is 5.11 Å². The summed E-state index contributed by atoms with van der Waals surface area (Å²) in [5.74, 6) is -0.828. The van der Waals surface area contributed by atoms with E-state index in [-0.39, 0.29) is 11.6 Å². The highest BCUT2D eigenvalue weighted by atomic mass is 32.1. The van der Waals surface area contributed by atoms with Crippen LogP contribution in [0.15, 0.2) is 60.8 Å². The first-order valence-electron chi connectivity index (χ1n) is 8.54. The fourth-order valence-corrected chi connectivity index (χ4v) is 3.24. The van der Waals surface area contributed by atoms with Gasteiger partial charge in [-0.3, -0.25) is 4.79 Å². The summed E-state index contributed by atoms with van der Waals surface area (Å²) in [6.45, 7) is 6.42. The summed E-state index contributed by atoms with van der Waals surface area (Å²) >= 11 is 5.22. The van der Waals surface area contributed by atoms with Gasteiger partial charge in [-0.2, -0.15) is 0 Å². The van der Waals surface area contributed by atoms with Gasteiger partial charge in [-0.25, -0.2) is 4.39 Å². The number of carbonyl (C=O) groups excluding carboxylic acids is 1. The number of nitrogens with one attached hydrogen (secondary N) is 3. The molecule has 5 nitrogen and oxygen atoms in total. The Kier molecular flexibility index (Phi) is 5.71. The maximum atomic E-state index is 13.9. The molecule has 7 heteroatoms. The normalized spacial score (nSPS) is 19.0. The van der Waals surface area contributed by atoms with Crippen molar-refractivity contribution in [1.82, 2.24) is 10.6 Å². The van der Waals surface area contributed by atoms with Gasteiger partial charge in [-0.15, -0.1) is 0 Å². The molecule has 140 valence electrons. The second-order valence-electron chi connectivity index (χ2n) is 6.05. The smallest absolute Gasteiger partial charge is 0.235 e. The molecule has 0 unspecified atom stereocenters. The Morgan fingerprint density at radius 2 is 1.96 bits per heavy atom. The molecule has 2 atom stereocenters. The van der Waals surface area contributed by atoms with Gasteiger partial charge in [0, 0.05) is 5.70 Å². The standard InChI is InChI=1S/C20H20FN3O2S/c1-3-26-14-10-8-13(9-11-14)18-17(12(2)22-20(27)24-18)19(25)23-16-7-5-4-6-15(16)21/h4-11,17-18H,2-3H2,1H3,(H,23,25)(H2,22,24,27)/t17-,18-/m1/s1. The van der Waals surface area contributed by atoms with Crippen LogP contribution in [-0.4, -0.2) is 17.6 Å². The van der Waals surface area contributed by atoms with Crippen molar-refractivity contribution < 1.29 is 13.9 Å². The minimum atomic E-state index is -0.686. The topological polar surface area (TPSA) is 62.4 Å². The number of para-hydroxylation sites is 1. The first-order chi connectivity index (χ1) is 13.0. The van der Waals surface area contributed by atoms with Crippen LogP contribution < -0.4 is 20.7 Å². The molecule has 1 heterocycles. The molecule has 0 aliphatic carbocycles. The number of anilines is 1. The van der Waals surface area contributed by atoms with Crippen molar-refractivity contribution in [2.45, 2.75) is 13.0 Å². The maximum absolute atomic E-state index is 13.9. The van der Waals surface area contributed by atoms with E-state index in [0.29, 0.717) is 17.4 Å². The third-order valence-corrected chi connectivity index (χ3v) is 4.45. The summed E-state index contributed by atoms with van der Waals surface area (Å²) in [6.07, 6.45) is 0. The van der Waals surface area contributed by atoms with Crippen molar-refractivity contribution in [1.29, 1.82) is 0 Å². The molecule has 1 fully saturated rings.